The third-order valence-corrected chi connectivity index (χ3v) is 2.66. The van der Waals surface area contributed by atoms with Gasteiger partial charge in [0.25, 0.3) is 0 Å². The Balaban J connectivity index is 3.15. The molecule has 0 aliphatic carbocycles. The van der Waals surface area contributed by atoms with E-state index in [1.807, 2.05) is 0 Å². The molecule has 0 fully saturated rings. The summed E-state index contributed by atoms with van der Waals surface area (Å²) in [6.45, 7) is 0.449. The van der Waals surface area contributed by atoms with Gasteiger partial charge in [-0.25, -0.2) is 13.6 Å². The zero-order chi connectivity index (χ0) is 11.3. The molecule has 5 heteroatoms. The molecule has 1 aromatic carbocycles. The SMILES string of the molecule is NCCC#Cc1ccccc1S(N)(=O)=O. The van der Waals surface area contributed by atoms with Crippen LogP contribution >= 0.6 is 0 Å². The lowest BCUT2D eigenvalue weighted by Crippen LogP contribution is -2.13. The number of benzene rings is 1. The standard InChI is InChI=1S/C10H12N2O2S/c11-8-4-3-6-9-5-1-2-7-10(9)15(12,13)14/h1-2,5,7H,4,8,11H2,(H2,12,13,14). The molecule has 0 saturated heterocycles. The van der Waals surface area contributed by atoms with Crippen molar-refractivity contribution in [2.75, 3.05) is 6.54 Å². The van der Waals surface area contributed by atoms with Crippen LogP contribution in [0.5, 0.6) is 0 Å². The highest BCUT2D eigenvalue weighted by atomic mass is 32.2. The molecule has 80 valence electrons. The number of hydrogen-bond acceptors (Lipinski definition) is 3. The Morgan fingerprint density at radius 2 is 1.93 bits per heavy atom. The van der Waals surface area contributed by atoms with E-state index in [9.17, 15) is 8.42 Å². The summed E-state index contributed by atoms with van der Waals surface area (Å²) in [4.78, 5) is 0.0505. The van der Waals surface area contributed by atoms with Crippen molar-refractivity contribution in [2.24, 2.45) is 10.9 Å². The average Bonchev–Trinajstić information content (AvgIpc) is 2.17. The van der Waals surface area contributed by atoms with Crippen molar-refractivity contribution in [3.63, 3.8) is 0 Å². The Kier molecular flexibility index (Phi) is 3.86. The van der Waals surface area contributed by atoms with Crippen LogP contribution in [0.4, 0.5) is 0 Å². The number of primary sulfonamides is 1. The molecule has 15 heavy (non-hydrogen) atoms. The fourth-order valence-electron chi connectivity index (χ4n) is 1.05. The first kappa shape index (κ1) is 11.7. The maximum absolute atomic E-state index is 11.2. The highest BCUT2D eigenvalue weighted by Gasteiger charge is 2.10. The normalized spacial score (nSPS) is 10.5. The van der Waals surface area contributed by atoms with Crippen molar-refractivity contribution in [1.29, 1.82) is 0 Å². The first-order valence-corrected chi connectivity index (χ1v) is 5.91. The minimum absolute atomic E-state index is 0.0505. The minimum Gasteiger partial charge on any atom is -0.330 e. The first-order valence-electron chi connectivity index (χ1n) is 4.36. The average molecular weight is 224 g/mol. The highest BCUT2D eigenvalue weighted by molar-refractivity contribution is 7.89. The maximum Gasteiger partial charge on any atom is 0.239 e. The molecule has 0 aliphatic heterocycles. The molecule has 0 heterocycles. The molecule has 0 unspecified atom stereocenters. The van der Waals surface area contributed by atoms with Gasteiger partial charge < -0.3 is 5.73 Å². The number of sulfonamides is 1. The summed E-state index contributed by atoms with van der Waals surface area (Å²) in [6.07, 6.45) is 0.527. The van der Waals surface area contributed by atoms with Crippen LogP contribution in [0.3, 0.4) is 0 Å². The van der Waals surface area contributed by atoms with E-state index < -0.39 is 10.0 Å². The van der Waals surface area contributed by atoms with Gasteiger partial charge in [0.1, 0.15) is 0 Å². The lowest BCUT2D eigenvalue weighted by atomic mass is 10.2. The van der Waals surface area contributed by atoms with Gasteiger partial charge in [-0.1, -0.05) is 24.0 Å². The van der Waals surface area contributed by atoms with Crippen LogP contribution in [0.2, 0.25) is 0 Å². The van der Waals surface area contributed by atoms with Gasteiger partial charge in [0.2, 0.25) is 10.0 Å². The summed E-state index contributed by atoms with van der Waals surface area (Å²) >= 11 is 0. The van der Waals surface area contributed by atoms with Gasteiger partial charge in [-0.05, 0) is 12.1 Å². The van der Waals surface area contributed by atoms with Crippen molar-refractivity contribution in [3.05, 3.63) is 29.8 Å². The van der Waals surface area contributed by atoms with E-state index in [1.165, 1.54) is 6.07 Å². The summed E-state index contributed by atoms with van der Waals surface area (Å²) in [5.74, 6) is 5.50. The van der Waals surface area contributed by atoms with Crippen molar-refractivity contribution < 1.29 is 8.42 Å². The zero-order valence-electron chi connectivity index (χ0n) is 8.10. The van der Waals surface area contributed by atoms with Crippen LogP contribution in [0, 0.1) is 11.8 Å². The monoisotopic (exact) mass is 224 g/mol. The molecule has 0 saturated carbocycles. The van der Waals surface area contributed by atoms with Crippen LogP contribution in [0.1, 0.15) is 12.0 Å². The molecule has 0 aromatic heterocycles. The quantitative estimate of drug-likeness (QED) is 0.695. The van der Waals surface area contributed by atoms with Crippen molar-refractivity contribution in [2.45, 2.75) is 11.3 Å². The minimum atomic E-state index is -3.70. The second-order valence-electron chi connectivity index (χ2n) is 2.88. The van der Waals surface area contributed by atoms with Gasteiger partial charge in [0.05, 0.1) is 4.90 Å². The van der Waals surface area contributed by atoms with E-state index in [-0.39, 0.29) is 4.90 Å². The van der Waals surface area contributed by atoms with Crippen LogP contribution in [0.15, 0.2) is 29.2 Å². The molecule has 0 aliphatic rings. The molecule has 4 nitrogen and oxygen atoms in total. The smallest absolute Gasteiger partial charge is 0.239 e. The van der Waals surface area contributed by atoms with Crippen molar-refractivity contribution in [3.8, 4) is 11.8 Å². The largest absolute Gasteiger partial charge is 0.330 e. The van der Waals surface area contributed by atoms with Crippen LogP contribution < -0.4 is 10.9 Å². The summed E-state index contributed by atoms with van der Waals surface area (Å²) in [5, 5.41) is 5.04. The predicted octanol–water partition coefficient (Wildman–Crippen LogP) is 0.0343. The molecule has 0 bridgehead atoms. The topological polar surface area (TPSA) is 86.2 Å². The molecule has 1 rings (SSSR count). The second-order valence-corrected chi connectivity index (χ2v) is 4.41. The van der Waals surface area contributed by atoms with E-state index in [1.54, 1.807) is 18.2 Å². The summed E-state index contributed by atoms with van der Waals surface area (Å²) < 4.78 is 22.3. The third kappa shape index (κ3) is 3.36. The summed E-state index contributed by atoms with van der Waals surface area (Å²) in [6, 6.07) is 6.36. The number of rotatable bonds is 2. The molecule has 0 atom stereocenters. The van der Waals surface area contributed by atoms with Gasteiger partial charge in [0, 0.05) is 18.5 Å². The number of nitrogens with two attached hydrogens (primary N) is 2. The van der Waals surface area contributed by atoms with Crippen molar-refractivity contribution in [1.82, 2.24) is 0 Å². The first-order chi connectivity index (χ1) is 7.05. The van der Waals surface area contributed by atoms with Crippen molar-refractivity contribution >= 4 is 10.0 Å². The Hall–Kier alpha value is -1.35. The van der Waals surface area contributed by atoms with E-state index in [2.05, 4.69) is 11.8 Å². The van der Waals surface area contributed by atoms with Crippen LogP contribution in [-0.2, 0) is 10.0 Å². The van der Waals surface area contributed by atoms with E-state index in [0.717, 1.165) is 0 Å². The van der Waals surface area contributed by atoms with E-state index >= 15 is 0 Å². The van der Waals surface area contributed by atoms with Gasteiger partial charge >= 0.3 is 0 Å². The fourth-order valence-corrected chi connectivity index (χ4v) is 1.74. The number of hydrogen-bond donors (Lipinski definition) is 2. The molecule has 0 spiro atoms. The second kappa shape index (κ2) is 4.94. The lowest BCUT2D eigenvalue weighted by molar-refractivity contribution is 0.597. The molecule has 1 aromatic rings. The van der Waals surface area contributed by atoms with Gasteiger partial charge in [-0.3, -0.25) is 0 Å². The Morgan fingerprint density at radius 3 is 2.53 bits per heavy atom. The Morgan fingerprint density at radius 1 is 1.27 bits per heavy atom. The molecular weight excluding hydrogens is 212 g/mol. The predicted molar refractivity (Wildman–Crippen MR) is 58.4 cm³/mol. The lowest BCUT2D eigenvalue weighted by Gasteiger charge is -2.00. The Bertz CT molecular complexity index is 498. The molecule has 0 radical (unpaired) electrons. The molecule has 4 N–H and O–H groups in total. The van der Waals surface area contributed by atoms with Crippen LogP contribution in [-0.4, -0.2) is 15.0 Å². The van der Waals surface area contributed by atoms with Crippen LogP contribution in [0.25, 0.3) is 0 Å². The summed E-state index contributed by atoms with van der Waals surface area (Å²) in [5.41, 5.74) is 5.68. The fraction of sp³-hybridized carbons (Fsp3) is 0.200. The molecular formula is C10H12N2O2S. The van der Waals surface area contributed by atoms with Gasteiger partial charge in [-0.2, -0.15) is 0 Å². The Labute approximate surface area is 89.3 Å². The third-order valence-electron chi connectivity index (χ3n) is 1.69. The highest BCUT2D eigenvalue weighted by Crippen LogP contribution is 2.11. The van der Waals surface area contributed by atoms with Gasteiger partial charge in [0.15, 0.2) is 0 Å². The molecule has 0 amide bonds. The van der Waals surface area contributed by atoms with E-state index in [4.69, 9.17) is 10.9 Å². The maximum atomic E-state index is 11.2. The van der Waals surface area contributed by atoms with E-state index in [0.29, 0.717) is 18.5 Å². The van der Waals surface area contributed by atoms with Gasteiger partial charge in [-0.15, -0.1) is 0 Å². The summed E-state index contributed by atoms with van der Waals surface area (Å²) in [7, 11) is -3.70. The zero-order valence-corrected chi connectivity index (χ0v) is 8.92.